The predicted octanol–water partition coefficient (Wildman–Crippen LogP) is 3.43. The number of rotatable bonds is 2. The molecular formula is C17H15N2OS. The molecule has 0 fully saturated rings. The normalized spacial score (nSPS) is 12.7. The van der Waals surface area contributed by atoms with Crippen molar-refractivity contribution in [3.63, 3.8) is 0 Å². The molecule has 1 heterocycles. The Morgan fingerprint density at radius 3 is 2.81 bits per heavy atom. The topological polar surface area (TPSA) is 41.1 Å². The predicted molar refractivity (Wildman–Crippen MR) is 89.3 cm³/mol. The molecule has 105 valence electrons. The number of hydrogen-bond donors (Lipinski definition) is 2. The summed E-state index contributed by atoms with van der Waals surface area (Å²) in [6.45, 7) is 2.06. The van der Waals surface area contributed by atoms with Gasteiger partial charge in [0.05, 0.1) is 10.6 Å². The van der Waals surface area contributed by atoms with E-state index in [1.54, 1.807) is 23.5 Å². The van der Waals surface area contributed by atoms with Crippen LogP contribution in [0.5, 0.6) is 0 Å². The SMILES string of the molecule is Cc1ccc2c(c1)[S]=C(NC(=O)/C=C/c1ccccc1)N2. The van der Waals surface area contributed by atoms with E-state index < -0.39 is 0 Å². The van der Waals surface area contributed by atoms with Gasteiger partial charge < -0.3 is 5.32 Å². The first kappa shape index (κ1) is 13.5. The fraction of sp³-hybridized carbons (Fsp3) is 0.0588. The Labute approximate surface area is 127 Å². The van der Waals surface area contributed by atoms with Gasteiger partial charge in [0.2, 0.25) is 5.91 Å². The van der Waals surface area contributed by atoms with Gasteiger partial charge >= 0.3 is 0 Å². The lowest BCUT2D eigenvalue weighted by Crippen LogP contribution is -2.31. The fourth-order valence-electron chi connectivity index (χ4n) is 2.02. The van der Waals surface area contributed by atoms with Crippen LogP contribution in [0.2, 0.25) is 0 Å². The lowest BCUT2D eigenvalue weighted by Gasteiger charge is -2.04. The molecule has 3 rings (SSSR count). The molecule has 0 atom stereocenters. The maximum Gasteiger partial charge on any atom is 0.250 e. The highest BCUT2D eigenvalue weighted by molar-refractivity contribution is 7.99. The van der Waals surface area contributed by atoms with E-state index in [0.717, 1.165) is 21.3 Å². The molecule has 4 heteroatoms. The first-order valence-electron chi connectivity index (χ1n) is 6.67. The van der Waals surface area contributed by atoms with Crippen molar-refractivity contribution in [2.75, 3.05) is 5.32 Å². The van der Waals surface area contributed by atoms with Crippen LogP contribution in [-0.2, 0) is 4.79 Å². The van der Waals surface area contributed by atoms with Crippen molar-refractivity contribution >= 4 is 34.1 Å². The van der Waals surface area contributed by atoms with Gasteiger partial charge in [-0.15, -0.1) is 0 Å². The van der Waals surface area contributed by atoms with Crippen LogP contribution in [0.4, 0.5) is 5.69 Å². The number of anilines is 1. The molecule has 3 nitrogen and oxygen atoms in total. The second-order valence-corrected chi connectivity index (χ2v) is 5.84. The third-order valence-corrected chi connectivity index (χ3v) is 4.03. The Bertz CT molecular complexity index is 736. The molecule has 1 aliphatic rings. The highest BCUT2D eigenvalue weighted by Crippen LogP contribution is 2.29. The molecule has 1 aliphatic heterocycles. The molecule has 0 aromatic heterocycles. The van der Waals surface area contributed by atoms with Crippen LogP contribution in [0.25, 0.3) is 6.08 Å². The Morgan fingerprint density at radius 2 is 2.00 bits per heavy atom. The standard InChI is InChI=1S/C17H15N2OS/c1-12-7-9-14-15(11-12)21-17(18-14)19-16(20)10-8-13-5-3-2-4-6-13/h2-11,18H,1H3,(H,19,20)/b10-8+. The van der Waals surface area contributed by atoms with Crippen molar-refractivity contribution in [3.05, 3.63) is 65.7 Å². The Kier molecular flexibility index (Phi) is 3.79. The molecule has 2 aromatic rings. The summed E-state index contributed by atoms with van der Waals surface area (Å²) in [6, 6.07) is 15.9. The summed E-state index contributed by atoms with van der Waals surface area (Å²) in [5.74, 6) is -0.140. The van der Waals surface area contributed by atoms with E-state index in [-0.39, 0.29) is 5.91 Å². The Morgan fingerprint density at radius 1 is 1.19 bits per heavy atom. The molecule has 0 saturated heterocycles. The van der Waals surface area contributed by atoms with Crippen molar-refractivity contribution in [2.45, 2.75) is 11.8 Å². The third-order valence-electron chi connectivity index (χ3n) is 3.06. The van der Waals surface area contributed by atoms with Crippen LogP contribution in [0.15, 0.2) is 59.5 Å². The number of fused-ring (bicyclic) bond motifs is 1. The molecule has 21 heavy (non-hydrogen) atoms. The van der Waals surface area contributed by atoms with E-state index in [2.05, 4.69) is 23.6 Å². The number of nitrogens with one attached hydrogen (secondary N) is 2. The van der Waals surface area contributed by atoms with Gasteiger partial charge in [-0.1, -0.05) is 47.7 Å². The Hall–Kier alpha value is -2.46. The van der Waals surface area contributed by atoms with Gasteiger partial charge in [0.1, 0.15) is 0 Å². The van der Waals surface area contributed by atoms with Gasteiger partial charge in [-0.05, 0) is 36.3 Å². The number of hydrogen-bond acceptors (Lipinski definition) is 2. The minimum Gasteiger partial charge on any atom is -0.332 e. The van der Waals surface area contributed by atoms with Gasteiger partial charge in [-0.3, -0.25) is 10.1 Å². The molecule has 0 saturated carbocycles. The molecule has 1 amide bonds. The van der Waals surface area contributed by atoms with Crippen molar-refractivity contribution in [1.29, 1.82) is 0 Å². The second kappa shape index (κ2) is 5.89. The van der Waals surface area contributed by atoms with Crippen molar-refractivity contribution in [2.24, 2.45) is 0 Å². The van der Waals surface area contributed by atoms with Crippen molar-refractivity contribution in [1.82, 2.24) is 5.32 Å². The smallest absolute Gasteiger partial charge is 0.250 e. The lowest BCUT2D eigenvalue weighted by atomic mass is 10.2. The highest BCUT2D eigenvalue weighted by Gasteiger charge is 2.13. The van der Waals surface area contributed by atoms with Crippen LogP contribution >= 0.6 is 11.4 Å². The summed E-state index contributed by atoms with van der Waals surface area (Å²) in [4.78, 5) is 13.1. The van der Waals surface area contributed by atoms with Crippen LogP contribution < -0.4 is 10.6 Å². The van der Waals surface area contributed by atoms with E-state index in [9.17, 15) is 4.79 Å². The average molecular weight is 295 g/mol. The van der Waals surface area contributed by atoms with Crippen LogP contribution in [0.3, 0.4) is 0 Å². The minimum atomic E-state index is -0.140. The molecule has 0 bridgehead atoms. The molecule has 0 aliphatic carbocycles. The number of amides is 1. The fourth-order valence-corrected chi connectivity index (χ4v) is 3.03. The monoisotopic (exact) mass is 295 g/mol. The maximum absolute atomic E-state index is 11.9. The number of aryl methyl sites for hydroxylation is 1. The minimum absolute atomic E-state index is 0.140. The first-order valence-corrected chi connectivity index (χ1v) is 7.49. The third kappa shape index (κ3) is 3.35. The van der Waals surface area contributed by atoms with Gasteiger partial charge in [0.15, 0.2) is 5.11 Å². The molecule has 0 unspecified atom stereocenters. The summed E-state index contributed by atoms with van der Waals surface area (Å²) in [7, 11) is 0. The number of benzene rings is 2. The summed E-state index contributed by atoms with van der Waals surface area (Å²) >= 11 is 1.54. The van der Waals surface area contributed by atoms with Crippen LogP contribution in [0.1, 0.15) is 11.1 Å². The highest BCUT2D eigenvalue weighted by atomic mass is 32.1. The molecule has 2 N–H and O–H groups in total. The van der Waals surface area contributed by atoms with E-state index in [1.165, 1.54) is 5.56 Å². The van der Waals surface area contributed by atoms with Crippen LogP contribution in [0, 0.1) is 6.92 Å². The summed E-state index contributed by atoms with van der Waals surface area (Å²) in [5, 5.41) is 6.81. The average Bonchev–Trinajstić information content (AvgIpc) is 2.87. The molecule has 0 spiro atoms. The largest absolute Gasteiger partial charge is 0.332 e. The number of carbonyl (C=O) groups is 1. The summed E-state index contributed by atoms with van der Waals surface area (Å²) in [5.41, 5.74) is 3.25. The zero-order valence-electron chi connectivity index (χ0n) is 11.6. The van der Waals surface area contributed by atoms with E-state index in [1.807, 2.05) is 42.5 Å². The lowest BCUT2D eigenvalue weighted by molar-refractivity contribution is -0.115. The van der Waals surface area contributed by atoms with Gasteiger partial charge in [-0.25, -0.2) is 0 Å². The Balaban J connectivity index is 1.64. The maximum atomic E-state index is 11.9. The zero-order valence-corrected chi connectivity index (χ0v) is 12.4. The van der Waals surface area contributed by atoms with E-state index in [4.69, 9.17) is 0 Å². The first-order chi connectivity index (χ1) is 10.2. The van der Waals surface area contributed by atoms with Gasteiger partial charge in [0.25, 0.3) is 0 Å². The van der Waals surface area contributed by atoms with Crippen LogP contribution in [-0.4, -0.2) is 11.0 Å². The van der Waals surface area contributed by atoms with Gasteiger partial charge in [-0.2, -0.15) is 0 Å². The quantitative estimate of drug-likeness (QED) is 0.658. The second-order valence-electron chi connectivity index (χ2n) is 4.79. The molecule has 2 aromatic carbocycles. The summed E-state index contributed by atoms with van der Waals surface area (Å²) < 4.78 is 0. The van der Waals surface area contributed by atoms with Crippen molar-refractivity contribution in [3.8, 4) is 0 Å². The summed E-state index contributed by atoms with van der Waals surface area (Å²) in [6.07, 6.45) is 3.34. The molecule has 1 radical (unpaired) electrons. The van der Waals surface area contributed by atoms with Gasteiger partial charge in [0, 0.05) is 6.08 Å². The van der Waals surface area contributed by atoms with E-state index in [0.29, 0.717) is 0 Å². The van der Waals surface area contributed by atoms with E-state index >= 15 is 0 Å². The molecular weight excluding hydrogens is 280 g/mol. The zero-order chi connectivity index (χ0) is 14.7. The number of carbonyl (C=O) groups excluding carboxylic acids is 1. The van der Waals surface area contributed by atoms with Crippen molar-refractivity contribution < 1.29 is 4.79 Å².